The molecule has 1 amide bonds. The minimum absolute atomic E-state index is 0.171. The van der Waals surface area contributed by atoms with Gasteiger partial charge < -0.3 is 5.73 Å². The summed E-state index contributed by atoms with van der Waals surface area (Å²) in [5.74, 6) is -0.576. The van der Waals surface area contributed by atoms with Gasteiger partial charge in [0.05, 0.1) is 11.8 Å². The molecule has 0 aliphatic carbocycles. The third-order valence-electron chi connectivity index (χ3n) is 2.96. The number of nitrogens with two attached hydrogens (primary N) is 1. The maximum atomic E-state index is 12.3. The lowest BCUT2D eigenvalue weighted by atomic mass is 10.2. The minimum Gasteiger partial charge on any atom is -0.368 e. The van der Waals surface area contributed by atoms with Crippen molar-refractivity contribution in [3.63, 3.8) is 0 Å². The molecule has 106 valence electrons. The molecule has 3 aromatic rings. The average molecular weight is 320 g/mol. The van der Waals surface area contributed by atoms with Crippen LogP contribution in [0.3, 0.4) is 0 Å². The van der Waals surface area contributed by atoms with Gasteiger partial charge in [0, 0.05) is 9.90 Å². The Kier molecular flexibility index (Phi) is 3.48. The van der Waals surface area contributed by atoms with Crippen LogP contribution < -0.4 is 11.3 Å². The first-order valence-electron chi connectivity index (χ1n) is 6.08. The number of fused-ring (bicyclic) bond motifs is 1. The molecule has 3 rings (SSSR count). The van der Waals surface area contributed by atoms with Crippen LogP contribution in [0.1, 0.15) is 0 Å². The third-order valence-corrected chi connectivity index (χ3v) is 4.37. The van der Waals surface area contributed by atoms with Crippen molar-refractivity contribution in [2.24, 2.45) is 5.73 Å². The van der Waals surface area contributed by atoms with E-state index in [1.807, 2.05) is 18.2 Å². The van der Waals surface area contributed by atoms with Crippen molar-refractivity contribution in [2.75, 3.05) is 0 Å². The molecule has 21 heavy (non-hydrogen) atoms. The molecule has 0 fully saturated rings. The highest BCUT2D eigenvalue weighted by Gasteiger charge is 2.11. The van der Waals surface area contributed by atoms with E-state index in [1.165, 1.54) is 22.2 Å². The minimum atomic E-state index is -0.576. The molecule has 0 saturated carbocycles. The third kappa shape index (κ3) is 2.68. The number of carbonyl (C=O) groups excluding carboxylic acids is 1. The van der Waals surface area contributed by atoms with E-state index in [4.69, 9.17) is 17.3 Å². The summed E-state index contributed by atoms with van der Waals surface area (Å²) in [5, 5.41) is 0.654. The Morgan fingerprint density at radius 2 is 2.05 bits per heavy atom. The van der Waals surface area contributed by atoms with Crippen LogP contribution in [0.5, 0.6) is 0 Å². The zero-order chi connectivity index (χ0) is 15.0. The monoisotopic (exact) mass is 319 g/mol. The van der Waals surface area contributed by atoms with E-state index >= 15 is 0 Å². The standard InChI is InChI=1S/C14H10ClN3O2S/c15-9-3-1-8(2-4-9)11-5-10-13(21-11)14(20)18(7-17-10)6-12(16)19/h1-5,7H,6H2,(H2,16,19). The zero-order valence-electron chi connectivity index (χ0n) is 10.7. The van der Waals surface area contributed by atoms with Gasteiger partial charge in [0.15, 0.2) is 0 Å². The fourth-order valence-corrected chi connectivity index (χ4v) is 3.17. The summed E-state index contributed by atoms with van der Waals surface area (Å²) in [7, 11) is 0. The van der Waals surface area contributed by atoms with Crippen LogP contribution in [0.2, 0.25) is 5.02 Å². The maximum absolute atomic E-state index is 12.3. The first-order valence-corrected chi connectivity index (χ1v) is 7.27. The molecule has 0 aliphatic rings. The Balaban J connectivity index is 2.12. The average Bonchev–Trinajstić information content (AvgIpc) is 2.87. The van der Waals surface area contributed by atoms with Crippen LogP contribution in [0, 0.1) is 0 Å². The highest BCUT2D eigenvalue weighted by Crippen LogP contribution is 2.31. The number of nitrogens with zero attached hydrogens (tertiary/aromatic N) is 2. The van der Waals surface area contributed by atoms with Crippen LogP contribution in [-0.2, 0) is 11.3 Å². The zero-order valence-corrected chi connectivity index (χ0v) is 12.3. The molecule has 0 spiro atoms. The molecule has 2 N–H and O–H groups in total. The van der Waals surface area contributed by atoms with E-state index in [9.17, 15) is 9.59 Å². The molecule has 1 aromatic carbocycles. The summed E-state index contributed by atoms with van der Waals surface area (Å²) in [6.45, 7) is -0.171. The summed E-state index contributed by atoms with van der Waals surface area (Å²) in [6, 6.07) is 9.20. The van der Waals surface area contributed by atoms with Crippen molar-refractivity contribution in [1.82, 2.24) is 9.55 Å². The van der Waals surface area contributed by atoms with Crippen LogP contribution in [-0.4, -0.2) is 15.5 Å². The molecule has 0 radical (unpaired) electrons. The summed E-state index contributed by atoms with van der Waals surface area (Å²) in [4.78, 5) is 28.3. The number of halogens is 1. The lowest BCUT2D eigenvalue weighted by Crippen LogP contribution is -2.27. The molecule has 0 bridgehead atoms. The Morgan fingerprint density at radius 3 is 2.71 bits per heavy atom. The second-order valence-electron chi connectivity index (χ2n) is 4.48. The number of primary amides is 1. The van der Waals surface area contributed by atoms with Gasteiger partial charge in [-0.3, -0.25) is 14.2 Å². The van der Waals surface area contributed by atoms with Crippen molar-refractivity contribution in [3.05, 3.63) is 52.0 Å². The largest absolute Gasteiger partial charge is 0.368 e. The topological polar surface area (TPSA) is 78.0 Å². The van der Waals surface area contributed by atoms with Crippen LogP contribution in [0.4, 0.5) is 0 Å². The molecule has 0 aliphatic heterocycles. The van der Waals surface area contributed by atoms with Gasteiger partial charge in [0.2, 0.25) is 5.91 Å². The molecule has 2 aromatic heterocycles. The second kappa shape index (κ2) is 5.31. The highest BCUT2D eigenvalue weighted by molar-refractivity contribution is 7.22. The Bertz CT molecular complexity index is 883. The lowest BCUT2D eigenvalue weighted by molar-refractivity contribution is -0.118. The number of carbonyl (C=O) groups is 1. The first-order chi connectivity index (χ1) is 10.0. The Labute approximate surface area is 128 Å². The van der Waals surface area contributed by atoms with Gasteiger partial charge in [-0.15, -0.1) is 11.3 Å². The van der Waals surface area contributed by atoms with Crippen molar-refractivity contribution in [1.29, 1.82) is 0 Å². The number of hydrogen-bond acceptors (Lipinski definition) is 4. The van der Waals surface area contributed by atoms with E-state index in [0.29, 0.717) is 15.2 Å². The molecular weight excluding hydrogens is 310 g/mol. The van der Waals surface area contributed by atoms with Gasteiger partial charge in [0.25, 0.3) is 5.56 Å². The van der Waals surface area contributed by atoms with Crippen LogP contribution in [0.15, 0.2) is 41.5 Å². The van der Waals surface area contributed by atoms with Gasteiger partial charge in [-0.1, -0.05) is 23.7 Å². The molecule has 0 atom stereocenters. The van der Waals surface area contributed by atoms with Gasteiger partial charge in [-0.2, -0.15) is 0 Å². The molecule has 0 unspecified atom stereocenters. The second-order valence-corrected chi connectivity index (χ2v) is 5.96. The summed E-state index contributed by atoms with van der Waals surface area (Å²) >= 11 is 7.20. The highest BCUT2D eigenvalue weighted by atomic mass is 35.5. The lowest BCUT2D eigenvalue weighted by Gasteiger charge is -2.00. The Hall–Kier alpha value is -2.18. The maximum Gasteiger partial charge on any atom is 0.271 e. The van der Waals surface area contributed by atoms with E-state index in [-0.39, 0.29) is 12.1 Å². The quantitative estimate of drug-likeness (QED) is 0.804. The SMILES string of the molecule is NC(=O)Cn1cnc2cc(-c3ccc(Cl)cc3)sc2c1=O. The molecule has 7 heteroatoms. The fourth-order valence-electron chi connectivity index (χ4n) is 1.98. The van der Waals surface area contributed by atoms with E-state index in [0.717, 1.165) is 10.4 Å². The van der Waals surface area contributed by atoms with Crippen molar-refractivity contribution < 1.29 is 4.79 Å². The predicted molar refractivity (Wildman–Crippen MR) is 83.5 cm³/mol. The Morgan fingerprint density at radius 1 is 1.33 bits per heavy atom. The number of hydrogen-bond donors (Lipinski definition) is 1. The first kappa shape index (κ1) is 13.8. The van der Waals surface area contributed by atoms with Crippen molar-refractivity contribution in [3.8, 4) is 10.4 Å². The number of benzene rings is 1. The summed E-state index contributed by atoms with van der Waals surface area (Å²) in [6.07, 6.45) is 1.34. The molecular formula is C14H10ClN3O2S. The number of thiophene rings is 1. The normalized spacial score (nSPS) is 10.9. The van der Waals surface area contributed by atoms with Crippen molar-refractivity contribution >= 4 is 39.1 Å². The fraction of sp³-hybridized carbons (Fsp3) is 0.0714. The van der Waals surface area contributed by atoms with E-state index in [1.54, 1.807) is 12.1 Å². The van der Waals surface area contributed by atoms with E-state index < -0.39 is 5.91 Å². The van der Waals surface area contributed by atoms with Crippen LogP contribution >= 0.6 is 22.9 Å². The molecule has 2 heterocycles. The summed E-state index contributed by atoms with van der Waals surface area (Å²) in [5.41, 5.74) is 6.42. The van der Waals surface area contributed by atoms with Gasteiger partial charge >= 0.3 is 0 Å². The molecule has 5 nitrogen and oxygen atoms in total. The number of amides is 1. The summed E-state index contributed by atoms with van der Waals surface area (Å²) < 4.78 is 1.72. The van der Waals surface area contributed by atoms with Gasteiger partial charge in [0.1, 0.15) is 11.2 Å². The van der Waals surface area contributed by atoms with Gasteiger partial charge in [-0.05, 0) is 23.8 Å². The number of rotatable bonds is 3. The van der Waals surface area contributed by atoms with Gasteiger partial charge in [-0.25, -0.2) is 4.98 Å². The van der Waals surface area contributed by atoms with Crippen LogP contribution in [0.25, 0.3) is 20.7 Å². The molecule has 0 saturated heterocycles. The van der Waals surface area contributed by atoms with Crippen molar-refractivity contribution in [2.45, 2.75) is 6.54 Å². The smallest absolute Gasteiger partial charge is 0.271 e. The predicted octanol–water partition coefficient (Wildman–Crippen LogP) is 2.26. The number of aromatic nitrogens is 2. The van der Waals surface area contributed by atoms with E-state index in [2.05, 4.69) is 4.98 Å².